The van der Waals surface area contributed by atoms with E-state index in [-0.39, 0.29) is 6.61 Å². The first kappa shape index (κ1) is 19.1. The normalized spacial score (nSPS) is 11.6. The Balaban J connectivity index is 1.61. The average molecular weight is 406 g/mol. The van der Waals surface area contributed by atoms with E-state index in [0.717, 1.165) is 39.8 Å². The largest absolute Gasteiger partial charge is 0.485 e. The smallest absolute Gasteiger partial charge is 0.216 e. The first-order valence-electron chi connectivity index (χ1n) is 9.57. The van der Waals surface area contributed by atoms with Gasteiger partial charge in [-0.2, -0.15) is 14.9 Å². The Morgan fingerprint density at radius 1 is 1.17 bits per heavy atom. The molecular weight excluding hydrogens is 382 g/mol. The fraction of sp³-hybridized carbons (Fsp3) is 0.227. The predicted molar refractivity (Wildman–Crippen MR) is 118 cm³/mol. The van der Waals surface area contributed by atoms with E-state index in [4.69, 9.17) is 17.0 Å². The molecule has 0 fully saturated rings. The van der Waals surface area contributed by atoms with Gasteiger partial charge in [-0.3, -0.25) is 0 Å². The lowest BCUT2D eigenvalue weighted by molar-refractivity contribution is 0.287. The zero-order chi connectivity index (χ0) is 20.4. The highest BCUT2D eigenvalue weighted by Crippen LogP contribution is 2.23. The molecular formula is C22H23N5OS. The van der Waals surface area contributed by atoms with Crippen LogP contribution in [-0.2, 0) is 13.0 Å². The van der Waals surface area contributed by atoms with Crippen LogP contribution in [0, 0.1) is 18.6 Å². The standard InChI is InChI=1S/C22H23N5OS/c1-4-16-9-6-10-18-17(11-23-20(16)18)12-24-27-19(25-26-22(27)29)13-28-21-14(2)7-5-8-15(21)3/h5-12,23H,4,13H2,1-3H3,(H,26,29)/b24-12+. The summed E-state index contributed by atoms with van der Waals surface area (Å²) in [6.45, 7) is 6.47. The fourth-order valence-electron chi connectivity index (χ4n) is 3.46. The molecule has 7 heteroatoms. The summed E-state index contributed by atoms with van der Waals surface area (Å²) < 4.78 is 8.04. The Hall–Kier alpha value is -3.19. The van der Waals surface area contributed by atoms with Gasteiger partial charge in [-0.25, -0.2) is 5.10 Å². The van der Waals surface area contributed by atoms with Crippen molar-refractivity contribution in [1.29, 1.82) is 0 Å². The summed E-state index contributed by atoms with van der Waals surface area (Å²) in [5.41, 5.74) is 5.59. The third-order valence-corrected chi connectivity index (χ3v) is 5.26. The van der Waals surface area contributed by atoms with Crippen LogP contribution in [0.15, 0.2) is 47.7 Å². The van der Waals surface area contributed by atoms with E-state index in [1.54, 1.807) is 10.9 Å². The lowest BCUT2D eigenvalue weighted by Crippen LogP contribution is -2.05. The molecule has 4 rings (SSSR count). The number of hydrogen-bond donors (Lipinski definition) is 2. The molecule has 148 valence electrons. The van der Waals surface area contributed by atoms with E-state index in [9.17, 15) is 0 Å². The molecule has 0 saturated heterocycles. The van der Waals surface area contributed by atoms with E-state index < -0.39 is 0 Å². The van der Waals surface area contributed by atoms with Gasteiger partial charge in [-0.15, -0.1) is 0 Å². The van der Waals surface area contributed by atoms with Crippen LogP contribution < -0.4 is 4.74 Å². The summed E-state index contributed by atoms with van der Waals surface area (Å²) in [7, 11) is 0. The van der Waals surface area contributed by atoms with Gasteiger partial charge >= 0.3 is 0 Å². The number of fused-ring (bicyclic) bond motifs is 1. The van der Waals surface area contributed by atoms with Crippen LogP contribution in [0.1, 0.15) is 35.0 Å². The summed E-state index contributed by atoms with van der Waals surface area (Å²) in [6.07, 6.45) is 4.73. The number of rotatable bonds is 6. The number of nitrogens with one attached hydrogen (secondary N) is 2. The second-order valence-electron chi connectivity index (χ2n) is 6.95. The topological polar surface area (TPSA) is 71.0 Å². The van der Waals surface area contributed by atoms with Crippen molar-refractivity contribution in [2.45, 2.75) is 33.8 Å². The number of aromatic amines is 2. The highest BCUT2D eigenvalue weighted by atomic mass is 32.1. The van der Waals surface area contributed by atoms with Crippen molar-refractivity contribution in [3.8, 4) is 5.75 Å². The van der Waals surface area contributed by atoms with Crippen LogP contribution >= 0.6 is 12.2 Å². The summed E-state index contributed by atoms with van der Waals surface area (Å²) in [5.74, 6) is 1.48. The maximum absolute atomic E-state index is 6.02. The van der Waals surface area contributed by atoms with Crippen LogP contribution in [0.25, 0.3) is 10.9 Å². The fourth-order valence-corrected chi connectivity index (χ4v) is 3.66. The molecule has 0 atom stereocenters. The third-order valence-electron chi connectivity index (χ3n) is 5.00. The van der Waals surface area contributed by atoms with Crippen LogP contribution in [0.4, 0.5) is 0 Å². The molecule has 0 bridgehead atoms. The number of aryl methyl sites for hydroxylation is 3. The Bertz CT molecular complexity index is 1230. The van der Waals surface area contributed by atoms with Gasteiger partial charge in [-0.1, -0.05) is 43.3 Å². The second kappa shape index (κ2) is 8.05. The molecule has 2 aromatic carbocycles. The Kier molecular flexibility index (Phi) is 5.31. The SMILES string of the molecule is CCc1cccc2c(/C=N/n3c(COc4c(C)cccc4C)n[nH]c3=S)c[nH]c12. The number of H-pyrrole nitrogens is 2. The molecule has 0 aliphatic heterocycles. The predicted octanol–water partition coefficient (Wildman–Crippen LogP) is 5.06. The molecule has 4 aromatic rings. The molecule has 29 heavy (non-hydrogen) atoms. The highest BCUT2D eigenvalue weighted by molar-refractivity contribution is 7.71. The van der Waals surface area contributed by atoms with Crippen molar-refractivity contribution in [3.63, 3.8) is 0 Å². The molecule has 0 unspecified atom stereocenters. The van der Waals surface area contributed by atoms with Gasteiger partial charge in [0.1, 0.15) is 12.4 Å². The molecule has 0 saturated carbocycles. The minimum Gasteiger partial charge on any atom is -0.485 e. The van der Waals surface area contributed by atoms with Crippen LogP contribution in [0.5, 0.6) is 5.75 Å². The number of hydrogen-bond acceptors (Lipinski definition) is 4. The third kappa shape index (κ3) is 3.73. The molecule has 6 nitrogen and oxygen atoms in total. The number of para-hydroxylation sites is 2. The molecule has 2 heterocycles. The minimum atomic E-state index is 0.268. The molecule has 0 aliphatic rings. The Morgan fingerprint density at radius 3 is 2.69 bits per heavy atom. The van der Waals surface area contributed by atoms with Crippen molar-refractivity contribution >= 4 is 29.3 Å². The van der Waals surface area contributed by atoms with Gasteiger partial charge in [0.25, 0.3) is 0 Å². The first-order valence-corrected chi connectivity index (χ1v) is 9.98. The van der Waals surface area contributed by atoms with Crippen molar-refractivity contribution in [2.24, 2.45) is 5.10 Å². The maximum atomic E-state index is 6.02. The molecule has 0 amide bonds. The van der Waals surface area contributed by atoms with Gasteiger partial charge in [0.15, 0.2) is 5.82 Å². The van der Waals surface area contributed by atoms with Gasteiger partial charge < -0.3 is 9.72 Å². The van der Waals surface area contributed by atoms with Crippen molar-refractivity contribution in [2.75, 3.05) is 0 Å². The number of benzene rings is 2. The monoisotopic (exact) mass is 405 g/mol. The van der Waals surface area contributed by atoms with Gasteiger partial charge in [0.05, 0.1) is 6.21 Å². The summed E-state index contributed by atoms with van der Waals surface area (Å²) >= 11 is 5.35. The molecule has 0 spiro atoms. The van der Waals surface area contributed by atoms with Crippen LogP contribution in [0.3, 0.4) is 0 Å². The molecule has 0 radical (unpaired) electrons. The van der Waals surface area contributed by atoms with E-state index in [2.05, 4.69) is 45.4 Å². The van der Waals surface area contributed by atoms with Crippen LogP contribution in [-0.4, -0.2) is 26.1 Å². The molecule has 2 aromatic heterocycles. The van der Waals surface area contributed by atoms with Crippen LogP contribution in [0.2, 0.25) is 0 Å². The van der Waals surface area contributed by atoms with E-state index >= 15 is 0 Å². The summed E-state index contributed by atoms with van der Waals surface area (Å²) in [5, 5.41) is 12.8. The summed E-state index contributed by atoms with van der Waals surface area (Å²) in [4.78, 5) is 3.35. The van der Waals surface area contributed by atoms with E-state index in [1.807, 2.05) is 38.2 Å². The Morgan fingerprint density at radius 2 is 1.93 bits per heavy atom. The quantitative estimate of drug-likeness (QED) is 0.348. The second-order valence-corrected chi connectivity index (χ2v) is 7.33. The minimum absolute atomic E-state index is 0.268. The van der Waals surface area contributed by atoms with Gasteiger partial charge in [-0.05, 0) is 49.2 Å². The number of ether oxygens (including phenoxy) is 1. The zero-order valence-electron chi connectivity index (χ0n) is 16.7. The zero-order valence-corrected chi connectivity index (χ0v) is 17.5. The highest BCUT2D eigenvalue weighted by Gasteiger charge is 2.10. The van der Waals surface area contributed by atoms with Gasteiger partial charge in [0.2, 0.25) is 4.77 Å². The average Bonchev–Trinajstić information content (AvgIpc) is 3.29. The van der Waals surface area contributed by atoms with E-state index in [0.29, 0.717) is 10.6 Å². The lowest BCUT2D eigenvalue weighted by atomic mass is 10.1. The van der Waals surface area contributed by atoms with E-state index in [1.165, 1.54) is 5.56 Å². The van der Waals surface area contributed by atoms with Crippen molar-refractivity contribution in [1.82, 2.24) is 19.9 Å². The maximum Gasteiger partial charge on any atom is 0.216 e. The Labute approximate surface area is 174 Å². The van der Waals surface area contributed by atoms with Crippen molar-refractivity contribution in [3.05, 3.63) is 75.4 Å². The summed E-state index contributed by atoms with van der Waals surface area (Å²) in [6, 6.07) is 12.4. The van der Waals surface area contributed by atoms with Gasteiger partial charge in [0, 0.05) is 22.7 Å². The molecule has 2 N–H and O–H groups in total. The number of nitrogens with zero attached hydrogens (tertiary/aromatic N) is 3. The molecule has 0 aliphatic carbocycles. The lowest BCUT2D eigenvalue weighted by Gasteiger charge is -2.11. The number of aromatic nitrogens is 4. The van der Waals surface area contributed by atoms with Crippen molar-refractivity contribution < 1.29 is 4.74 Å². The first-order chi connectivity index (χ1) is 14.1.